The molecular formula is C11H9Cl2NO. The summed E-state index contributed by atoms with van der Waals surface area (Å²) in [5.41, 5.74) is 2.37. The first kappa shape index (κ1) is 10.7. The molecule has 0 fully saturated rings. The number of pyridine rings is 1. The predicted octanol–water partition coefficient (Wildman–Crippen LogP) is 3.34. The fourth-order valence-electron chi connectivity index (χ4n) is 1.43. The van der Waals surface area contributed by atoms with Crippen LogP contribution < -0.4 is 0 Å². The summed E-state index contributed by atoms with van der Waals surface area (Å²) in [4.78, 5) is 4.20. The summed E-state index contributed by atoms with van der Waals surface area (Å²) < 4.78 is 0. The SMILES string of the molecule is Cc1cc2nc(Cl)c(CO)cc2cc1Cl. The molecule has 0 radical (unpaired) electrons. The molecule has 15 heavy (non-hydrogen) atoms. The largest absolute Gasteiger partial charge is 0.392 e. The highest BCUT2D eigenvalue weighted by molar-refractivity contribution is 6.32. The van der Waals surface area contributed by atoms with E-state index < -0.39 is 0 Å². The molecule has 0 saturated heterocycles. The van der Waals surface area contributed by atoms with Crippen LogP contribution in [0.1, 0.15) is 11.1 Å². The lowest BCUT2D eigenvalue weighted by molar-refractivity contribution is 0.281. The van der Waals surface area contributed by atoms with Gasteiger partial charge in [-0.25, -0.2) is 4.98 Å². The van der Waals surface area contributed by atoms with Gasteiger partial charge in [0.05, 0.1) is 12.1 Å². The van der Waals surface area contributed by atoms with Gasteiger partial charge in [0.15, 0.2) is 0 Å². The van der Waals surface area contributed by atoms with Crippen molar-refractivity contribution in [3.8, 4) is 0 Å². The van der Waals surface area contributed by atoms with Gasteiger partial charge in [-0.2, -0.15) is 0 Å². The van der Waals surface area contributed by atoms with Gasteiger partial charge >= 0.3 is 0 Å². The minimum absolute atomic E-state index is 0.118. The van der Waals surface area contributed by atoms with Crippen molar-refractivity contribution < 1.29 is 5.11 Å². The number of hydrogen-bond acceptors (Lipinski definition) is 2. The zero-order chi connectivity index (χ0) is 11.0. The van der Waals surface area contributed by atoms with Crippen LogP contribution in [0.2, 0.25) is 10.2 Å². The monoisotopic (exact) mass is 241 g/mol. The molecule has 1 heterocycles. The Balaban J connectivity index is 2.76. The molecule has 0 atom stereocenters. The first-order valence-corrected chi connectivity index (χ1v) is 5.23. The van der Waals surface area contributed by atoms with Crippen LogP contribution in [0.3, 0.4) is 0 Å². The number of fused-ring (bicyclic) bond motifs is 1. The Morgan fingerprint density at radius 2 is 2.00 bits per heavy atom. The van der Waals surface area contributed by atoms with E-state index in [2.05, 4.69) is 4.98 Å². The normalized spacial score (nSPS) is 10.9. The van der Waals surface area contributed by atoms with Gasteiger partial charge in [-0.05, 0) is 30.7 Å². The number of hydrogen-bond donors (Lipinski definition) is 1. The van der Waals surface area contributed by atoms with Gasteiger partial charge in [-0.1, -0.05) is 23.2 Å². The molecule has 0 amide bonds. The number of aliphatic hydroxyl groups excluding tert-OH is 1. The Bertz CT molecular complexity index is 525. The van der Waals surface area contributed by atoms with Crippen molar-refractivity contribution in [2.45, 2.75) is 13.5 Å². The summed E-state index contributed by atoms with van der Waals surface area (Å²) in [5, 5.41) is 11.0. The zero-order valence-corrected chi connectivity index (χ0v) is 9.60. The summed E-state index contributed by atoms with van der Waals surface area (Å²) >= 11 is 11.9. The van der Waals surface area contributed by atoms with Crippen LogP contribution >= 0.6 is 23.2 Å². The second-order valence-corrected chi connectivity index (χ2v) is 4.16. The molecule has 1 N–H and O–H groups in total. The molecule has 0 spiro atoms. The van der Waals surface area contributed by atoms with E-state index in [-0.39, 0.29) is 6.61 Å². The van der Waals surface area contributed by atoms with Crippen LogP contribution in [0.25, 0.3) is 10.9 Å². The van der Waals surface area contributed by atoms with E-state index in [4.69, 9.17) is 28.3 Å². The van der Waals surface area contributed by atoms with E-state index in [9.17, 15) is 0 Å². The van der Waals surface area contributed by atoms with E-state index in [1.54, 1.807) is 6.07 Å². The van der Waals surface area contributed by atoms with Crippen molar-refractivity contribution in [1.29, 1.82) is 0 Å². The lowest BCUT2D eigenvalue weighted by Crippen LogP contribution is -1.90. The smallest absolute Gasteiger partial charge is 0.135 e. The van der Waals surface area contributed by atoms with Gasteiger partial charge in [-0.3, -0.25) is 0 Å². The van der Waals surface area contributed by atoms with Gasteiger partial charge in [0, 0.05) is 16.0 Å². The van der Waals surface area contributed by atoms with Crippen molar-refractivity contribution in [2.75, 3.05) is 0 Å². The van der Waals surface area contributed by atoms with E-state index in [1.807, 2.05) is 19.1 Å². The van der Waals surface area contributed by atoms with Gasteiger partial charge < -0.3 is 5.11 Å². The highest BCUT2D eigenvalue weighted by Crippen LogP contribution is 2.25. The molecule has 0 aliphatic rings. The molecular weight excluding hydrogens is 233 g/mol. The minimum Gasteiger partial charge on any atom is -0.392 e. The predicted molar refractivity (Wildman–Crippen MR) is 62.4 cm³/mol. The maximum Gasteiger partial charge on any atom is 0.135 e. The molecule has 1 aromatic carbocycles. The summed E-state index contributed by atoms with van der Waals surface area (Å²) in [7, 11) is 0. The summed E-state index contributed by atoms with van der Waals surface area (Å²) in [6.45, 7) is 1.80. The number of nitrogens with zero attached hydrogens (tertiary/aromatic N) is 1. The number of rotatable bonds is 1. The number of halogens is 2. The molecule has 0 aliphatic heterocycles. The fourth-order valence-corrected chi connectivity index (χ4v) is 1.81. The third kappa shape index (κ3) is 1.93. The van der Waals surface area contributed by atoms with E-state index in [1.165, 1.54) is 0 Å². The maximum absolute atomic E-state index is 9.04. The van der Waals surface area contributed by atoms with Crippen LogP contribution in [0.5, 0.6) is 0 Å². The minimum atomic E-state index is -0.118. The third-order valence-corrected chi connectivity index (χ3v) is 3.03. The highest BCUT2D eigenvalue weighted by Gasteiger charge is 2.06. The Labute approximate surface area is 97.5 Å². The van der Waals surface area contributed by atoms with Crippen LogP contribution in [-0.2, 0) is 6.61 Å². The van der Waals surface area contributed by atoms with E-state index >= 15 is 0 Å². The number of aryl methyl sites for hydroxylation is 1. The molecule has 4 heteroatoms. The summed E-state index contributed by atoms with van der Waals surface area (Å²) in [5.74, 6) is 0. The fraction of sp³-hybridized carbons (Fsp3) is 0.182. The van der Waals surface area contributed by atoms with Crippen molar-refractivity contribution >= 4 is 34.1 Å². The topological polar surface area (TPSA) is 33.1 Å². The summed E-state index contributed by atoms with van der Waals surface area (Å²) in [6, 6.07) is 5.51. The van der Waals surface area contributed by atoms with Crippen molar-refractivity contribution in [3.05, 3.63) is 39.5 Å². The van der Waals surface area contributed by atoms with E-state index in [0.717, 1.165) is 16.5 Å². The number of benzene rings is 1. The molecule has 78 valence electrons. The lowest BCUT2D eigenvalue weighted by atomic mass is 10.1. The Morgan fingerprint density at radius 1 is 1.27 bits per heavy atom. The van der Waals surface area contributed by atoms with Gasteiger partial charge in [-0.15, -0.1) is 0 Å². The third-order valence-electron chi connectivity index (χ3n) is 2.29. The maximum atomic E-state index is 9.04. The average Bonchev–Trinajstić information content (AvgIpc) is 2.20. The highest BCUT2D eigenvalue weighted by atomic mass is 35.5. The van der Waals surface area contributed by atoms with Crippen molar-refractivity contribution in [2.24, 2.45) is 0 Å². The molecule has 2 rings (SSSR count). The van der Waals surface area contributed by atoms with Gasteiger partial charge in [0.25, 0.3) is 0 Å². The first-order chi connectivity index (χ1) is 7.11. The standard InChI is InChI=1S/C11H9Cl2NO/c1-6-2-10-7(4-9(6)12)3-8(5-15)11(13)14-10/h2-4,15H,5H2,1H3. The Kier molecular flexibility index (Phi) is 2.83. The molecule has 0 aliphatic carbocycles. The second kappa shape index (κ2) is 3.97. The molecule has 2 nitrogen and oxygen atoms in total. The number of aliphatic hydroxyl groups is 1. The van der Waals surface area contributed by atoms with Crippen LogP contribution in [-0.4, -0.2) is 10.1 Å². The molecule has 1 aromatic heterocycles. The second-order valence-electron chi connectivity index (χ2n) is 3.39. The summed E-state index contributed by atoms with van der Waals surface area (Å²) in [6.07, 6.45) is 0. The molecule has 0 bridgehead atoms. The Hall–Kier alpha value is -0.830. The van der Waals surface area contributed by atoms with Crippen LogP contribution in [0.15, 0.2) is 18.2 Å². The molecule has 2 aromatic rings. The first-order valence-electron chi connectivity index (χ1n) is 4.48. The molecule has 0 unspecified atom stereocenters. The lowest BCUT2D eigenvalue weighted by Gasteiger charge is -2.05. The van der Waals surface area contributed by atoms with Crippen molar-refractivity contribution in [3.63, 3.8) is 0 Å². The Morgan fingerprint density at radius 3 is 2.67 bits per heavy atom. The van der Waals surface area contributed by atoms with Crippen LogP contribution in [0.4, 0.5) is 0 Å². The quantitative estimate of drug-likeness (QED) is 0.778. The van der Waals surface area contributed by atoms with Crippen molar-refractivity contribution in [1.82, 2.24) is 4.98 Å². The average molecular weight is 242 g/mol. The van der Waals surface area contributed by atoms with Crippen LogP contribution in [0, 0.1) is 6.92 Å². The molecule has 0 saturated carbocycles. The van der Waals surface area contributed by atoms with Gasteiger partial charge in [0.2, 0.25) is 0 Å². The zero-order valence-electron chi connectivity index (χ0n) is 8.09. The number of aromatic nitrogens is 1. The van der Waals surface area contributed by atoms with E-state index in [0.29, 0.717) is 15.7 Å². The van der Waals surface area contributed by atoms with Gasteiger partial charge in [0.1, 0.15) is 5.15 Å².